The van der Waals surface area contributed by atoms with Crippen LogP contribution in [0.1, 0.15) is 17.7 Å². The molecule has 3 rings (SSSR count). The molecule has 1 aliphatic heterocycles. The highest BCUT2D eigenvalue weighted by Crippen LogP contribution is 2.17. The number of nitrogens with zero attached hydrogens (tertiary/aromatic N) is 5. The molecule has 138 valence electrons. The second-order valence-corrected chi connectivity index (χ2v) is 6.92. The number of carbonyl (C=O) groups excluding carboxylic acids is 1. The molecule has 1 amide bonds. The molecule has 2 aromatic rings. The Morgan fingerprint density at radius 2 is 1.77 bits per heavy atom. The van der Waals surface area contributed by atoms with Crippen molar-refractivity contribution in [1.82, 2.24) is 14.9 Å². The zero-order chi connectivity index (χ0) is 18.5. The summed E-state index contributed by atoms with van der Waals surface area (Å²) in [7, 11) is 3.96. The van der Waals surface area contributed by atoms with Crippen molar-refractivity contribution in [2.45, 2.75) is 19.8 Å². The van der Waals surface area contributed by atoms with Gasteiger partial charge in [0.25, 0.3) is 0 Å². The SMILES string of the molecule is Cc1cc(N(C)C)nc(N2CCN(C(=O)CCc3ccccc3)CC2)n1. The van der Waals surface area contributed by atoms with E-state index in [-0.39, 0.29) is 5.91 Å². The minimum atomic E-state index is 0.229. The van der Waals surface area contributed by atoms with Gasteiger partial charge in [0.05, 0.1) is 0 Å². The first-order valence-electron chi connectivity index (χ1n) is 9.12. The monoisotopic (exact) mass is 353 g/mol. The van der Waals surface area contributed by atoms with E-state index in [9.17, 15) is 4.79 Å². The van der Waals surface area contributed by atoms with Crippen LogP contribution in [0.25, 0.3) is 0 Å². The van der Waals surface area contributed by atoms with Gasteiger partial charge in [-0.25, -0.2) is 4.98 Å². The fraction of sp³-hybridized carbons (Fsp3) is 0.450. The highest BCUT2D eigenvalue weighted by atomic mass is 16.2. The third-order valence-electron chi connectivity index (χ3n) is 4.67. The van der Waals surface area contributed by atoms with Crippen molar-refractivity contribution in [3.05, 3.63) is 47.7 Å². The molecule has 6 nitrogen and oxygen atoms in total. The first-order chi connectivity index (χ1) is 12.5. The standard InChI is InChI=1S/C20H27N5O/c1-16-15-18(23(2)3)22-20(21-16)25-13-11-24(12-14-25)19(26)10-9-17-7-5-4-6-8-17/h4-8,15H,9-14H2,1-3H3. The molecule has 0 aliphatic carbocycles. The van der Waals surface area contributed by atoms with Gasteiger partial charge in [0.1, 0.15) is 5.82 Å². The molecular weight excluding hydrogens is 326 g/mol. The minimum absolute atomic E-state index is 0.229. The summed E-state index contributed by atoms with van der Waals surface area (Å²) in [5, 5.41) is 0. The van der Waals surface area contributed by atoms with Crippen molar-refractivity contribution in [1.29, 1.82) is 0 Å². The maximum Gasteiger partial charge on any atom is 0.227 e. The van der Waals surface area contributed by atoms with Gasteiger partial charge < -0.3 is 14.7 Å². The van der Waals surface area contributed by atoms with E-state index in [4.69, 9.17) is 0 Å². The van der Waals surface area contributed by atoms with Crippen LogP contribution in [-0.2, 0) is 11.2 Å². The van der Waals surface area contributed by atoms with Crippen LogP contribution >= 0.6 is 0 Å². The number of hydrogen-bond acceptors (Lipinski definition) is 5. The first kappa shape index (κ1) is 18.2. The number of aryl methyl sites for hydroxylation is 2. The van der Waals surface area contributed by atoms with Gasteiger partial charge in [0, 0.05) is 58.5 Å². The molecule has 0 spiro atoms. The molecular formula is C20H27N5O. The van der Waals surface area contributed by atoms with Gasteiger partial charge in [0.15, 0.2) is 0 Å². The summed E-state index contributed by atoms with van der Waals surface area (Å²) in [4.78, 5) is 27.8. The van der Waals surface area contributed by atoms with Crippen molar-refractivity contribution in [3.63, 3.8) is 0 Å². The fourth-order valence-corrected chi connectivity index (χ4v) is 3.12. The number of aromatic nitrogens is 2. The van der Waals surface area contributed by atoms with Gasteiger partial charge in [-0.3, -0.25) is 4.79 Å². The summed E-state index contributed by atoms with van der Waals surface area (Å²) in [5.41, 5.74) is 2.17. The number of carbonyl (C=O) groups is 1. The predicted octanol–water partition coefficient (Wildman–Crippen LogP) is 2.13. The maximum absolute atomic E-state index is 12.5. The van der Waals surface area contributed by atoms with Gasteiger partial charge in [-0.15, -0.1) is 0 Å². The van der Waals surface area contributed by atoms with Crippen LogP contribution in [0.4, 0.5) is 11.8 Å². The number of amides is 1. The van der Waals surface area contributed by atoms with Crippen LogP contribution in [-0.4, -0.2) is 61.0 Å². The summed E-state index contributed by atoms with van der Waals surface area (Å²) in [5.74, 6) is 1.89. The van der Waals surface area contributed by atoms with Crippen LogP contribution in [0.15, 0.2) is 36.4 Å². The molecule has 1 fully saturated rings. The molecule has 0 saturated carbocycles. The summed E-state index contributed by atoms with van der Waals surface area (Å²) in [6.45, 7) is 4.98. The molecule has 1 aromatic heterocycles. The van der Waals surface area contributed by atoms with Gasteiger partial charge in [-0.2, -0.15) is 4.98 Å². The zero-order valence-corrected chi connectivity index (χ0v) is 15.9. The predicted molar refractivity (Wildman–Crippen MR) is 105 cm³/mol. The molecule has 1 saturated heterocycles. The average molecular weight is 353 g/mol. The summed E-state index contributed by atoms with van der Waals surface area (Å²) in [6, 6.07) is 12.2. The lowest BCUT2D eigenvalue weighted by Gasteiger charge is -2.35. The summed E-state index contributed by atoms with van der Waals surface area (Å²) in [6.07, 6.45) is 1.36. The third-order valence-corrected chi connectivity index (χ3v) is 4.67. The largest absolute Gasteiger partial charge is 0.363 e. The number of hydrogen-bond donors (Lipinski definition) is 0. The molecule has 0 radical (unpaired) electrons. The van der Waals surface area contributed by atoms with Crippen LogP contribution in [0.3, 0.4) is 0 Å². The van der Waals surface area contributed by atoms with Crippen molar-refractivity contribution in [3.8, 4) is 0 Å². The van der Waals surface area contributed by atoms with Crippen molar-refractivity contribution < 1.29 is 4.79 Å². The van der Waals surface area contributed by atoms with Crippen molar-refractivity contribution in [2.75, 3.05) is 50.1 Å². The zero-order valence-electron chi connectivity index (χ0n) is 15.9. The van der Waals surface area contributed by atoms with Gasteiger partial charge in [-0.05, 0) is 18.9 Å². The lowest BCUT2D eigenvalue weighted by Crippen LogP contribution is -2.49. The normalized spacial score (nSPS) is 14.4. The highest BCUT2D eigenvalue weighted by molar-refractivity contribution is 5.76. The molecule has 1 aromatic carbocycles. The number of anilines is 2. The minimum Gasteiger partial charge on any atom is -0.363 e. The number of rotatable bonds is 5. The summed E-state index contributed by atoms with van der Waals surface area (Å²) < 4.78 is 0. The fourth-order valence-electron chi connectivity index (χ4n) is 3.12. The maximum atomic E-state index is 12.5. The van der Waals surface area contributed by atoms with E-state index in [0.717, 1.165) is 50.1 Å². The quantitative estimate of drug-likeness (QED) is 0.824. The Morgan fingerprint density at radius 3 is 2.42 bits per heavy atom. The van der Waals surface area contributed by atoms with E-state index >= 15 is 0 Å². The number of benzene rings is 1. The summed E-state index contributed by atoms with van der Waals surface area (Å²) >= 11 is 0. The van der Waals surface area contributed by atoms with Crippen LogP contribution in [0.2, 0.25) is 0 Å². The van der Waals surface area contributed by atoms with Gasteiger partial charge in [-0.1, -0.05) is 30.3 Å². The Labute approximate surface area is 155 Å². The molecule has 0 N–H and O–H groups in total. The van der Waals surface area contributed by atoms with E-state index in [1.165, 1.54) is 5.56 Å². The first-order valence-corrected chi connectivity index (χ1v) is 9.12. The Hall–Kier alpha value is -2.63. The van der Waals surface area contributed by atoms with Crippen molar-refractivity contribution >= 4 is 17.7 Å². The average Bonchev–Trinajstić information content (AvgIpc) is 2.66. The molecule has 0 bridgehead atoms. The lowest BCUT2D eigenvalue weighted by atomic mass is 10.1. The Bertz CT molecular complexity index is 739. The third kappa shape index (κ3) is 4.50. The van der Waals surface area contributed by atoms with Crippen LogP contribution in [0.5, 0.6) is 0 Å². The van der Waals surface area contributed by atoms with Crippen LogP contribution in [0, 0.1) is 6.92 Å². The van der Waals surface area contributed by atoms with E-state index in [2.05, 4.69) is 27.0 Å². The van der Waals surface area contributed by atoms with Gasteiger partial charge >= 0.3 is 0 Å². The van der Waals surface area contributed by atoms with E-state index in [1.54, 1.807) is 0 Å². The molecule has 26 heavy (non-hydrogen) atoms. The molecule has 0 atom stereocenters. The number of piperazine rings is 1. The smallest absolute Gasteiger partial charge is 0.227 e. The second kappa shape index (κ2) is 8.17. The Morgan fingerprint density at radius 1 is 1.08 bits per heavy atom. The van der Waals surface area contributed by atoms with E-state index < -0.39 is 0 Å². The van der Waals surface area contributed by atoms with E-state index in [0.29, 0.717) is 6.42 Å². The highest BCUT2D eigenvalue weighted by Gasteiger charge is 2.23. The van der Waals surface area contributed by atoms with Crippen LogP contribution < -0.4 is 9.80 Å². The Kier molecular flexibility index (Phi) is 5.71. The molecule has 6 heteroatoms. The topological polar surface area (TPSA) is 52.6 Å². The molecule has 2 heterocycles. The van der Waals surface area contributed by atoms with Gasteiger partial charge in [0.2, 0.25) is 11.9 Å². The molecule has 0 unspecified atom stereocenters. The lowest BCUT2D eigenvalue weighted by molar-refractivity contribution is -0.131. The second-order valence-electron chi connectivity index (χ2n) is 6.92. The van der Waals surface area contributed by atoms with E-state index in [1.807, 2.05) is 55.1 Å². The van der Waals surface area contributed by atoms with Crippen molar-refractivity contribution in [2.24, 2.45) is 0 Å². The molecule has 1 aliphatic rings. The Balaban J connectivity index is 1.55.